The smallest absolute Gasteiger partial charge is 0.253 e. The van der Waals surface area contributed by atoms with Crippen LogP contribution < -0.4 is 9.64 Å². The molecule has 4 heteroatoms. The van der Waals surface area contributed by atoms with E-state index in [1.54, 1.807) is 7.11 Å². The van der Waals surface area contributed by atoms with Crippen molar-refractivity contribution in [1.82, 2.24) is 4.90 Å². The number of amides is 1. The number of rotatable bonds is 3. The van der Waals surface area contributed by atoms with Gasteiger partial charge in [0.15, 0.2) is 0 Å². The van der Waals surface area contributed by atoms with Crippen molar-refractivity contribution in [2.24, 2.45) is 0 Å². The highest BCUT2D eigenvalue weighted by molar-refractivity contribution is 5.94. The number of anilines is 1. The van der Waals surface area contributed by atoms with Gasteiger partial charge < -0.3 is 14.5 Å². The van der Waals surface area contributed by atoms with Crippen LogP contribution in [0.2, 0.25) is 0 Å². The van der Waals surface area contributed by atoms with Crippen molar-refractivity contribution in [2.75, 3.05) is 38.2 Å². The fraction of sp³-hybridized carbons (Fsp3) is 0.350. The maximum atomic E-state index is 12.7. The second kappa shape index (κ2) is 7.39. The lowest BCUT2D eigenvalue weighted by atomic mass is 10.1. The van der Waals surface area contributed by atoms with Gasteiger partial charge in [-0.3, -0.25) is 4.79 Å². The minimum Gasteiger partial charge on any atom is -0.495 e. The van der Waals surface area contributed by atoms with Gasteiger partial charge in [-0.2, -0.15) is 0 Å². The summed E-state index contributed by atoms with van der Waals surface area (Å²) in [6, 6.07) is 15.9. The van der Waals surface area contributed by atoms with Crippen LogP contribution in [-0.2, 0) is 0 Å². The van der Waals surface area contributed by atoms with E-state index in [-0.39, 0.29) is 5.91 Å². The Balaban J connectivity index is 1.71. The van der Waals surface area contributed by atoms with Crippen molar-refractivity contribution in [2.45, 2.75) is 13.3 Å². The number of para-hydroxylation sites is 2. The molecule has 1 fully saturated rings. The first kappa shape index (κ1) is 16.4. The molecule has 126 valence electrons. The van der Waals surface area contributed by atoms with Gasteiger partial charge in [-0.15, -0.1) is 0 Å². The Morgan fingerprint density at radius 1 is 0.958 bits per heavy atom. The second-order valence-corrected chi connectivity index (χ2v) is 6.17. The molecule has 3 rings (SSSR count). The van der Waals surface area contributed by atoms with Crippen molar-refractivity contribution in [3.8, 4) is 5.75 Å². The summed E-state index contributed by atoms with van der Waals surface area (Å²) in [5, 5.41) is 0. The Labute approximate surface area is 143 Å². The van der Waals surface area contributed by atoms with E-state index in [0.29, 0.717) is 0 Å². The minimum absolute atomic E-state index is 0.122. The highest BCUT2D eigenvalue weighted by atomic mass is 16.5. The number of ether oxygens (including phenoxy) is 1. The average molecular weight is 324 g/mol. The van der Waals surface area contributed by atoms with Crippen molar-refractivity contribution in [1.29, 1.82) is 0 Å². The highest BCUT2D eigenvalue weighted by Crippen LogP contribution is 2.28. The Bertz CT molecular complexity index is 697. The molecule has 4 nitrogen and oxygen atoms in total. The number of hydrogen-bond acceptors (Lipinski definition) is 3. The zero-order valence-electron chi connectivity index (χ0n) is 14.4. The van der Waals surface area contributed by atoms with Crippen LogP contribution in [-0.4, -0.2) is 44.1 Å². The molecular weight excluding hydrogens is 300 g/mol. The molecule has 1 saturated heterocycles. The normalized spacial score (nSPS) is 15.1. The summed E-state index contributed by atoms with van der Waals surface area (Å²) in [7, 11) is 1.70. The van der Waals surface area contributed by atoms with Gasteiger partial charge in [-0.25, -0.2) is 0 Å². The van der Waals surface area contributed by atoms with Crippen LogP contribution in [0.4, 0.5) is 5.69 Å². The molecule has 0 aromatic heterocycles. The van der Waals surface area contributed by atoms with Crippen molar-refractivity contribution < 1.29 is 9.53 Å². The summed E-state index contributed by atoms with van der Waals surface area (Å²) >= 11 is 0. The van der Waals surface area contributed by atoms with E-state index in [2.05, 4.69) is 11.0 Å². The van der Waals surface area contributed by atoms with Gasteiger partial charge in [0.05, 0.1) is 12.8 Å². The summed E-state index contributed by atoms with van der Waals surface area (Å²) < 4.78 is 5.47. The molecule has 0 aliphatic carbocycles. The summed E-state index contributed by atoms with van der Waals surface area (Å²) in [5.41, 5.74) is 3.04. The fourth-order valence-corrected chi connectivity index (χ4v) is 3.13. The van der Waals surface area contributed by atoms with Gasteiger partial charge >= 0.3 is 0 Å². The van der Waals surface area contributed by atoms with Crippen LogP contribution in [0.5, 0.6) is 5.75 Å². The summed E-state index contributed by atoms with van der Waals surface area (Å²) in [6.45, 7) is 5.30. The number of methoxy groups -OCH3 is 1. The highest BCUT2D eigenvalue weighted by Gasteiger charge is 2.21. The third-order valence-electron chi connectivity index (χ3n) is 4.51. The van der Waals surface area contributed by atoms with Crippen LogP contribution in [0.15, 0.2) is 48.5 Å². The van der Waals surface area contributed by atoms with Crippen LogP contribution in [0.3, 0.4) is 0 Å². The molecule has 1 heterocycles. The number of hydrogen-bond donors (Lipinski definition) is 0. The Kier molecular flexibility index (Phi) is 5.04. The first-order valence-corrected chi connectivity index (χ1v) is 8.43. The van der Waals surface area contributed by atoms with Gasteiger partial charge in [-0.05, 0) is 37.6 Å². The van der Waals surface area contributed by atoms with E-state index in [4.69, 9.17) is 4.74 Å². The Morgan fingerprint density at radius 3 is 2.46 bits per heavy atom. The number of carbonyl (C=O) groups excluding carboxylic acids is 1. The van der Waals surface area contributed by atoms with Gasteiger partial charge in [-0.1, -0.05) is 29.8 Å². The predicted octanol–water partition coefficient (Wildman–Crippen LogP) is 3.36. The quantitative estimate of drug-likeness (QED) is 0.868. The van der Waals surface area contributed by atoms with Gasteiger partial charge in [0, 0.05) is 31.7 Å². The number of carbonyl (C=O) groups is 1. The second-order valence-electron chi connectivity index (χ2n) is 6.17. The molecule has 1 aliphatic rings. The number of aryl methyl sites for hydroxylation is 1. The number of nitrogens with zero attached hydrogens (tertiary/aromatic N) is 2. The van der Waals surface area contributed by atoms with Gasteiger partial charge in [0.2, 0.25) is 0 Å². The SMILES string of the molecule is COc1ccccc1N1CCCN(C(=O)c2ccc(C)cc2)CC1. The Morgan fingerprint density at radius 2 is 1.71 bits per heavy atom. The zero-order chi connectivity index (χ0) is 16.9. The fourth-order valence-electron chi connectivity index (χ4n) is 3.13. The van der Waals surface area contributed by atoms with Crippen molar-refractivity contribution in [3.63, 3.8) is 0 Å². The van der Waals surface area contributed by atoms with E-state index < -0.39 is 0 Å². The van der Waals surface area contributed by atoms with Crippen LogP contribution in [0, 0.1) is 6.92 Å². The lowest BCUT2D eigenvalue weighted by Crippen LogP contribution is -2.35. The molecule has 2 aromatic rings. The maximum Gasteiger partial charge on any atom is 0.253 e. The third-order valence-corrected chi connectivity index (χ3v) is 4.51. The first-order valence-electron chi connectivity index (χ1n) is 8.43. The molecule has 0 atom stereocenters. The van der Waals surface area contributed by atoms with E-state index in [9.17, 15) is 4.79 Å². The molecule has 0 saturated carbocycles. The standard InChI is InChI=1S/C20H24N2O2/c1-16-8-10-17(11-9-16)20(23)22-13-5-12-21(14-15-22)18-6-3-4-7-19(18)24-2/h3-4,6-11H,5,12-15H2,1-2H3. The summed E-state index contributed by atoms with van der Waals surface area (Å²) in [6.07, 6.45) is 0.954. The van der Waals surface area contributed by atoms with Crippen LogP contribution in [0.25, 0.3) is 0 Å². The van der Waals surface area contributed by atoms with Gasteiger partial charge in [0.25, 0.3) is 5.91 Å². The lowest BCUT2D eigenvalue weighted by molar-refractivity contribution is 0.0767. The Hall–Kier alpha value is -2.49. The summed E-state index contributed by atoms with van der Waals surface area (Å²) in [4.78, 5) is 17.0. The predicted molar refractivity (Wildman–Crippen MR) is 96.9 cm³/mol. The van der Waals surface area contributed by atoms with E-state index in [0.717, 1.165) is 49.6 Å². The van der Waals surface area contributed by atoms with E-state index in [1.165, 1.54) is 5.56 Å². The average Bonchev–Trinajstić information content (AvgIpc) is 2.88. The summed E-state index contributed by atoms with van der Waals surface area (Å²) in [5.74, 6) is 1.01. The largest absolute Gasteiger partial charge is 0.495 e. The molecule has 2 aromatic carbocycles. The molecule has 24 heavy (non-hydrogen) atoms. The van der Waals surface area contributed by atoms with Crippen LogP contribution in [0.1, 0.15) is 22.3 Å². The molecule has 0 unspecified atom stereocenters. The number of benzene rings is 2. The minimum atomic E-state index is 0.122. The molecule has 0 radical (unpaired) electrons. The molecule has 0 spiro atoms. The van der Waals surface area contributed by atoms with Crippen LogP contribution >= 0.6 is 0 Å². The maximum absolute atomic E-state index is 12.7. The van der Waals surface area contributed by atoms with E-state index >= 15 is 0 Å². The van der Waals surface area contributed by atoms with E-state index in [1.807, 2.05) is 54.3 Å². The van der Waals surface area contributed by atoms with Gasteiger partial charge in [0.1, 0.15) is 5.75 Å². The molecule has 0 bridgehead atoms. The lowest BCUT2D eigenvalue weighted by Gasteiger charge is -2.25. The zero-order valence-corrected chi connectivity index (χ0v) is 14.4. The van der Waals surface area contributed by atoms with Crippen molar-refractivity contribution >= 4 is 11.6 Å². The topological polar surface area (TPSA) is 32.8 Å². The van der Waals surface area contributed by atoms with Crippen molar-refractivity contribution in [3.05, 3.63) is 59.7 Å². The monoisotopic (exact) mass is 324 g/mol. The first-order chi connectivity index (χ1) is 11.7. The molecule has 1 amide bonds. The third kappa shape index (κ3) is 3.53. The molecular formula is C20H24N2O2. The molecule has 1 aliphatic heterocycles. The molecule has 0 N–H and O–H groups in total.